The van der Waals surface area contributed by atoms with Gasteiger partial charge in [-0.1, -0.05) is 106 Å². The SMILES string of the molecule is CCCCOC(=O)c1ccccc1N1C(=O)[C@@H]2[C@@H](C1=O)C1(Br)c3ccccc3C2(Br)c2ccccc21. The van der Waals surface area contributed by atoms with Gasteiger partial charge in [-0.05, 0) is 40.8 Å². The normalized spacial score (nSPS) is 27.5. The van der Waals surface area contributed by atoms with Crippen molar-refractivity contribution in [3.05, 3.63) is 101 Å². The van der Waals surface area contributed by atoms with E-state index in [0.717, 1.165) is 35.1 Å². The number of alkyl halides is 2. The first-order valence-electron chi connectivity index (χ1n) is 12.1. The fraction of sp³-hybridized carbons (Fsp3) is 0.276. The third kappa shape index (κ3) is 2.90. The fourth-order valence-corrected chi connectivity index (χ4v) is 8.44. The van der Waals surface area contributed by atoms with Crippen LogP contribution >= 0.6 is 31.9 Å². The van der Waals surface area contributed by atoms with Crippen molar-refractivity contribution in [2.45, 2.75) is 28.4 Å². The predicted octanol–water partition coefficient (Wildman–Crippen LogP) is 6.05. The molecule has 0 saturated carbocycles. The van der Waals surface area contributed by atoms with Crippen molar-refractivity contribution in [3.63, 3.8) is 0 Å². The van der Waals surface area contributed by atoms with Gasteiger partial charge in [0.1, 0.15) is 0 Å². The van der Waals surface area contributed by atoms with Gasteiger partial charge in [-0.3, -0.25) is 9.59 Å². The Kier molecular flexibility index (Phi) is 5.50. The highest BCUT2D eigenvalue weighted by Gasteiger charge is 2.72. The highest BCUT2D eigenvalue weighted by Crippen LogP contribution is 2.70. The summed E-state index contributed by atoms with van der Waals surface area (Å²) in [6.07, 6.45) is 1.64. The van der Waals surface area contributed by atoms with Gasteiger partial charge in [-0.2, -0.15) is 0 Å². The second-order valence-electron chi connectivity index (χ2n) is 9.49. The largest absolute Gasteiger partial charge is 0.462 e. The van der Waals surface area contributed by atoms with Crippen LogP contribution in [-0.2, 0) is 23.0 Å². The van der Waals surface area contributed by atoms with E-state index in [4.69, 9.17) is 4.74 Å². The molecule has 3 aliphatic carbocycles. The van der Waals surface area contributed by atoms with Crippen molar-refractivity contribution in [2.75, 3.05) is 11.5 Å². The zero-order chi connectivity index (χ0) is 25.2. The lowest BCUT2D eigenvalue weighted by atomic mass is 9.54. The van der Waals surface area contributed by atoms with Crippen molar-refractivity contribution in [1.29, 1.82) is 0 Å². The molecule has 0 aromatic heterocycles. The molecule has 0 unspecified atom stereocenters. The van der Waals surface area contributed by atoms with Gasteiger partial charge in [0.2, 0.25) is 11.8 Å². The number of para-hydroxylation sites is 1. The van der Waals surface area contributed by atoms with Crippen LogP contribution in [0.5, 0.6) is 0 Å². The number of ether oxygens (including phenoxy) is 1. The summed E-state index contributed by atoms with van der Waals surface area (Å²) in [7, 11) is 0. The zero-order valence-corrected chi connectivity index (χ0v) is 22.7. The molecule has 4 aliphatic rings. The van der Waals surface area contributed by atoms with Crippen molar-refractivity contribution in [1.82, 2.24) is 0 Å². The number of imide groups is 1. The molecular weight excluding hydrogens is 586 g/mol. The number of rotatable bonds is 5. The van der Waals surface area contributed by atoms with Gasteiger partial charge in [0.05, 0.1) is 38.3 Å². The van der Waals surface area contributed by atoms with E-state index in [1.807, 2.05) is 55.5 Å². The maximum Gasteiger partial charge on any atom is 0.340 e. The molecule has 7 rings (SSSR count). The minimum absolute atomic E-state index is 0.212. The summed E-state index contributed by atoms with van der Waals surface area (Å²) in [5.74, 6) is -2.59. The van der Waals surface area contributed by atoms with Crippen molar-refractivity contribution in [2.24, 2.45) is 11.8 Å². The molecule has 1 fully saturated rings. The van der Waals surface area contributed by atoms with Crippen LogP contribution in [0.1, 0.15) is 52.4 Å². The number of esters is 1. The first kappa shape index (κ1) is 23.6. The summed E-state index contributed by atoms with van der Waals surface area (Å²) in [6.45, 7) is 2.30. The maximum absolute atomic E-state index is 14.2. The Bertz CT molecular complexity index is 1310. The summed E-state index contributed by atoms with van der Waals surface area (Å²) in [6, 6.07) is 22.6. The Labute approximate surface area is 226 Å². The van der Waals surface area contributed by atoms with Gasteiger partial charge in [0, 0.05) is 0 Å². The maximum atomic E-state index is 14.2. The smallest absolute Gasteiger partial charge is 0.340 e. The Hall–Kier alpha value is -2.77. The van der Waals surface area contributed by atoms with Gasteiger partial charge in [0.15, 0.2) is 0 Å². The number of hydrogen-bond acceptors (Lipinski definition) is 4. The molecule has 0 spiro atoms. The van der Waals surface area contributed by atoms with Gasteiger partial charge in [0.25, 0.3) is 0 Å². The first-order valence-corrected chi connectivity index (χ1v) is 13.7. The third-order valence-electron chi connectivity index (χ3n) is 7.68. The second kappa shape index (κ2) is 8.38. The second-order valence-corrected chi connectivity index (χ2v) is 12.0. The predicted molar refractivity (Wildman–Crippen MR) is 143 cm³/mol. The minimum Gasteiger partial charge on any atom is -0.462 e. The van der Waals surface area contributed by atoms with Crippen LogP contribution in [0.15, 0.2) is 72.8 Å². The number of hydrogen-bond donors (Lipinski definition) is 0. The molecule has 1 saturated heterocycles. The van der Waals surface area contributed by atoms with Crippen LogP contribution < -0.4 is 4.90 Å². The Morgan fingerprint density at radius 2 is 1.25 bits per heavy atom. The summed E-state index contributed by atoms with van der Waals surface area (Å²) in [5.41, 5.74) is 4.36. The number of amides is 2. The summed E-state index contributed by atoms with van der Waals surface area (Å²) >= 11 is 8.01. The van der Waals surface area contributed by atoms with E-state index in [-0.39, 0.29) is 29.7 Å². The molecule has 3 aromatic carbocycles. The molecule has 36 heavy (non-hydrogen) atoms. The van der Waals surface area contributed by atoms with Gasteiger partial charge in [-0.25, -0.2) is 9.69 Å². The van der Waals surface area contributed by atoms with Gasteiger partial charge >= 0.3 is 5.97 Å². The van der Waals surface area contributed by atoms with Crippen molar-refractivity contribution in [3.8, 4) is 0 Å². The van der Waals surface area contributed by atoms with E-state index in [2.05, 4.69) is 31.9 Å². The highest BCUT2D eigenvalue weighted by atomic mass is 79.9. The summed E-state index contributed by atoms with van der Waals surface area (Å²) < 4.78 is 3.69. The molecule has 5 nitrogen and oxygen atoms in total. The molecule has 0 radical (unpaired) electrons. The van der Waals surface area contributed by atoms with Gasteiger partial charge < -0.3 is 4.74 Å². The van der Waals surface area contributed by atoms with Crippen LogP contribution in [0.4, 0.5) is 5.69 Å². The number of unbranched alkanes of at least 4 members (excludes halogenated alkanes) is 1. The Morgan fingerprint density at radius 1 is 0.806 bits per heavy atom. The van der Waals surface area contributed by atoms with E-state index in [1.54, 1.807) is 24.3 Å². The van der Waals surface area contributed by atoms with E-state index >= 15 is 0 Å². The van der Waals surface area contributed by atoms with Crippen molar-refractivity contribution < 1.29 is 19.1 Å². The standard InChI is InChI=1S/C29H23Br2NO4/c1-2-3-16-36-27(35)17-10-4-9-15-22(17)32-25(33)23-24(26(32)34)29(31)19-12-6-5-11-18(19)28(23,30)20-13-7-8-14-21(20)29/h4-15,23-24H,2-3,16H2,1H3/t23-,24-,28?,29?/m0/s1. The van der Waals surface area contributed by atoms with E-state index in [9.17, 15) is 14.4 Å². The topological polar surface area (TPSA) is 63.7 Å². The Balaban J connectivity index is 1.52. The van der Waals surface area contributed by atoms with Crippen molar-refractivity contribution >= 4 is 55.3 Å². The lowest BCUT2D eigenvalue weighted by Gasteiger charge is -2.55. The van der Waals surface area contributed by atoms with Crippen LogP contribution in [0.25, 0.3) is 0 Å². The average molecular weight is 609 g/mol. The van der Waals surface area contributed by atoms with Crippen LogP contribution in [0.3, 0.4) is 0 Å². The van der Waals surface area contributed by atoms with E-state index in [1.165, 1.54) is 4.90 Å². The third-order valence-corrected chi connectivity index (χ3v) is 10.4. The number of carbonyl (C=O) groups excluding carboxylic acids is 3. The molecule has 182 valence electrons. The molecule has 2 atom stereocenters. The van der Waals surface area contributed by atoms with Crippen LogP contribution in [0.2, 0.25) is 0 Å². The zero-order valence-electron chi connectivity index (χ0n) is 19.5. The number of nitrogens with zero attached hydrogens (tertiary/aromatic N) is 1. The molecular formula is C29H23Br2NO4. The number of anilines is 1. The van der Waals surface area contributed by atoms with Gasteiger partial charge in [-0.15, -0.1) is 0 Å². The number of halogens is 2. The molecule has 2 bridgehead atoms. The van der Waals surface area contributed by atoms with Crippen LogP contribution in [0, 0.1) is 11.8 Å². The molecule has 7 heteroatoms. The molecule has 1 heterocycles. The first-order chi connectivity index (χ1) is 17.4. The molecule has 1 aliphatic heterocycles. The van der Waals surface area contributed by atoms with Crippen LogP contribution in [-0.4, -0.2) is 24.4 Å². The lowest BCUT2D eigenvalue weighted by Crippen LogP contribution is -2.56. The molecule has 3 aromatic rings. The summed E-state index contributed by atoms with van der Waals surface area (Å²) in [5, 5.41) is 0. The fourth-order valence-electron chi connectivity index (χ4n) is 6.13. The summed E-state index contributed by atoms with van der Waals surface area (Å²) in [4.78, 5) is 42.7. The average Bonchev–Trinajstić information content (AvgIpc) is 3.18. The molecule has 0 N–H and O–H groups in total. The van der Waals surface area contributed by atoms with E-state index in [0.29, 0.717) is 0 Å². The quantitative estimate of drug-likeness (QED) is 0.153. The number of carbonyl (C=O) groups is 3. The minimum atomic E-state index is -0.877. The monoisotopic (exact) mass is 607 g/mol. The number of benzene rings is 3. The Morgan fingerprint density at radius 3 is 1.72 bits per heavy atom. The highest BCUT2D eigenvalue weighted by molar-refractivity contribution is 9.10. The van der Waals surface area contributed by atoms with E-state index < -0.39 is 26.5 Å². The molecule has 2 amide bonds. The lowest BCUT2D eigenvalue weighted by molar-refractivity contribution is -0.122.